The molecule has 4 rings (SSSR count). The predicted molar refractivity (Wildman–Crippen MR) is 117 cm³/mol. The molecule has 0 radical (unpaired) electrons. The molecule has 2 saturated carbocycles. The first-order chi connectivity index (χ1) is 15.3. The van der Waals surface area contributed by atoms with E-state index in [9.17, 15) is 22.4 Å². The molecule has 1 aromatic carbocycles. The number of allylic oxidation sites excluding steroid dienone is 2. The molecule has 0 aromatic heterocycles. The Kier molecular flexibility index (Phi) is 6.67. The lowest BCUT2D eigenvalue weighted by atomic mass is 9.95. The number of amides is 2. The maximum Gasteiger partial charge on any atom is 0.229 e. The van der Waals surface area contributed by atoms with Gasteiger partial charge in [0.15, 0.2) is 11.6 Å². The lowest BCUT2D eigenvalue weighted by Crippen LogP contribution is -2.40. The zero-order chi connectivity index (χ0) is 22.8. The molecule has 3 fully saturated rings. The average molecular weight is 465 g/mol. The van der Waals surface area contributed by atoms with Crippen molar-refractivity contribution in [3.8, 4) is 5.75 Å². The van der Waals surface area contributed by atoms with Gasteiger partial charge in [-0.15, -0.1) is 0 Å². The molecule has 1 aromatic rings. The van der Waals surface area contributed by atoms with E-state index in [0.29, 0.717) is 51.0 Å². The quantitative estimate of drug-likeness (QED) is 0.387. The number of halogens is 1. The molecule has 1 unspecified atom stereocenters. The number of sulfonamides is 1. The van der Waals surface area contributed by atoms with Crippen LogP contribution in [0, 0.1) is 17.7 Å². The number of piperidine rings is 1. The number of carbonyl (C=O) groups is 2. The Hall–Kier alpha value is -2.26. The standard InChI is InChI=1S/C23H29FN2O5S/c24-19-9-8-18(14-20(19)31-15-16-5-6-16)23(11-12-23)26-32(29,30)13-3-1-2-4-17-7-10-21(27)25-22(17)28/h1-2,8-9,14,16-17,26H,3-7,10-13,15H2,(H,25,27,28)/b2-1+. The predicted octanol–water partition coefficient (Wildman–Crippen LogP) is 2.91. The summed E-state index contributed by atoms with van der Waals surface area (Å²) < 4.78 is 47.8. The molecule has 174 valence electrons. The minimum Gasteiger partial charge on any atom is -0.490 e. The molecule has 1 aliphatic heterocycles. The molecule has 7 nitrogen and oxygen atoms in total. The maximum atomic E-state index is 14.1. The van der Waals surface area contributed by atoms with Crippen molar-refractivity contribution in [2.24, 2.45) is 11.8 Å². The van der Waals surface area contributed by atoms with Gasteiger partial charge in [-0.3, -0.25) is 14.9 Å². The monoisotopic (exact) mass is 464 g/mol. The lowest BCUT2D eigenvalue weighted by molar-refractivity contribution is -0.136. The third kappa shape index (κ3) is 5.95. The molecule has 9 heteroatoms. The van der Waals surface area contributed by atoms with Crippen LogP contribution in [0.2, 0.25) is 0 Å². The van der Waals surface area contributed by atoms with Gasteiger partial charge >= 0.3 is 0 Å². The molecule has 0 spiro atoms. The van der Waals surface area contributed by atoms with E-state index in [1.165, 1.54) is 6.07 Å². The smallest absolute Gasteiger partial charge is 0.229 e. The topological polar surface area (TPSA) is 102 Å². The van der Waals surface area contributed by atoms with E-state index in [4.69, 9.17) is 4.74 Å². The van der Waals surface area contributed by atoms with Gasteiger partial charge in [-0.2, -0.15) is 0 Å². The molecule has 2 N–H and O–H groups in total. The minimum absolute atomic E-state index is 0.0766. The second-order valence-electron chi connectivity index (χ2n) is 9.05. The second kappa shape index (κ2) is 9.31. The summed E-state index contributed by atoms with van der Waals surface area (Å²) in [4.78, 5) is 22.9. The highest BCUT2D eigenvalue weighted by Crippen LogP contribution is 2.47. The van der Waals surface area contributed by atoms with E-state index in [0.717, 1.165) is 18.4 Å². The van der Waals surface area contributed by atoms with Gasteiger partial charge in [0.05, 0.1) is 17.9 Å². The fourth-order valence-electron chi connectivity index (χ4n) is 3.89. The van der Waals surface area contributed by atoms with Gasteiger partial charge in [0, 0.05) is 12.3 Å². The number of benzene rings is 1. The normalized spacial score (nSPS) is 22.7. The van der Waals surface area contributed by atoms with Gasteiger partial charge in [0.25, 0.3) is 0 Å². The van der Waals surface area contributed by atoms with Gasteiger partial charge in [0.2, 0.25) is 21.8 Å². The largest absolute Gasteiger partial charge is 0.490 e. The molecule has 2 aliphatic carbocycles. The summed E-state index contributed by atoms with van der Waals surface area (Å²) in [6.45, 7) is 0.490. The minimum atomic E-state index is -3.55. The third-order valence-electron chi connectivity index (χ3n) is 6.25. The van der Waals surface area contributed by atoms with Crippen molar-refractivity contribution in [1.82, 2.24) is 10.0 Å². The maximum absolute atomic E-state index is 14.1. The Labute approximate surface area is 187 Å². The van der Waals surface area contributed by atoms with E-state index in [1.54, 1.807) is 24.3 Å². The number of hydrogen-bond donors (Lipinski definition) is 2. The van der Waals surface area contributed by atoms with Crippen LogP contribution in [0.4, 0.5) is 4.39 Å². The van der Waals surface area contributed by atoms with Crippen molar-refractivity contribution < 1.29 is 27.1 Å². The molecule has 2 amide bonds. The Morgan fingerprint density at radius 3 is 2.66 bits per heavy atom. The molecule has 1 atom stereocenters. The van der Waals surface area contributed by atoms with Gasteiger partial charge in [-0.05, 0) is 68.6 Å². The van der Waals surface area contributed by atoms with Crippen LogP contribution in [0.15, 0.2) is 30.4 Å². The van der Waals surface area contributed by atoms with Crippen LogP contribution in [0.3, 0.4) is 0 Å². The van der Waals surface area contributed by atoms with E-state index in [-0.39, 0.29) is 29.2 Å². The Bertz CT molecular complexity index is 1020. The number of ether oxygens (including phenoxy) is 1. The van der Waals surface area contributed by atoms with Gasteiger partial charge in [-0.25, -0.2) is 17.5 Å². The van der Waals surface area contributed by atoms with Gasteiger partial charge in [0.1, 0.15) is 0 Å². The fourth-order valence-corrected chi connectivity index (χ4v) is 5.36. The van der Waals surface area contributed by atoms with Crippen LogP contribution in [0.1, 0.15) is 56.9 Å². The van der Waals surface area contributed by atoms with Crippen molar-refractivity contribution in [3.63, 3.8) is 0 Å². The number of carbonyl (C=O) groups excluding carboxylic acids is 2. The van der Waals surface area contributed by atoms with Gasteiger partial charge < -0.3 is 4.74 Å². The SMILES string of the molecule is O=C1CCC(C/C=C/CCS(=O)(=O)NC2(c3ccc(F)c(OCC4CC4)c3)CC2)C(=O)N1. The van der Waals surface area contributed by atoms with Crippen LogP contribution in [0.5, 0.6) is 5.75 Å². The van der Waals surface area contributed by atoms with Gasteiger partial charge in [-0.1, -0.05) is 18.2 Å². The summed E-state index contributed by atoms with van der Waals surface area (Å²) in [5.41, 5.74) is 0.0300. The van der Waals surface area contributed by atoms with E-state index in [1.807, 2.05) is 0 Å². The van der Waals surface area contributed by atoms with E-state index < -0.39 is 21.4 Å². The first-order valence-electron chi connectivity index (χ1n) is 11.2. The molecule has 3 aliphatic rings. The zero-order valence-electron chi connectivity index (χ0n) is 17.9. The lowest BCUT2D eigenvalue weighted by Gasteiger charge is -2.19. The van der Waals surface area contributed by atoms with Crippen molar-refractivity contribution in [2.45, 2.75) is 56.9 Å². The van der Waals surface area contributed by atoms with Crippen LogP contribution < -0.4 is 14.8 Å². The van der Waals surface area contributed by atoms with Crippen LogP contribution >= 0.6 is 0 Å². The number of nitrogens with one attached hydrogen (secondary N) is 2. The average Bonchev–Trinajstić information content (AvgIpc) is 3.65. The fraction of sp³-hybridized carbons (Fsp3) is 0.565. The Morgan fingerprint density at radius 1 is 1.19 bits per heavy atom. The van der Waals surface area contributed by atoms with Crippen molar-refractivity contribution >= 4 is 21.8 Å². The van der Waals surface area contributed by atoms with Crippen molar-refractivity contribution in [1.29, 1.82) is 0 Å². The summed E-state index contributed by atoms with van der Waals surface area (Å²) in [5.74, 6) is -0.602. The zero-order valence-corrected chi connectivity index (χ0v) is 18.8. The molecule has 1 saturated heterocycles. The highest BCUT2D eigenvalue weighted by molar-refractivity contribution is 7.89. The molecular weight excluding hydrogens is 435 g/mol. The molecule has 32 heavy (non-hydrogen) atoms. The van der Waals surface area contributed by atoms with Crippen molar-refractivity contribution in [2.75, 3.05) is 12.4 Å². The molecule has 0 bridgehead atoms. The Morgan fingerprint density at radius 2 is 1.97 bits per heavy atom. The first-order valence-corrected chi connectivity index (χ1v) is 12.8. The first kappa shape index (κ1) is 22.9. The van der Waals surface area contributed by atoms with Crippen molar-refractivity contribution in [3.05, 3.63) is 41.7 Å². The summed E-state index contributed by atoms with van der Waals surface area (Å²) >= 11 is 0. The summed E-state index contributed by atoms with van der Waals surface area (Å²) in [6.07, 6.45) is 8.73. The van der Waals surface area contributed by atoms with Crippen LogP contribution in [0.25, 0.3) is 0 Å². The number of rotatable bonds is 11. The van der Waals surface area contributed by atoms with Crippen LogP contribution in [-0.4, -0.2) is 32.6 Å². The summed E-state index contributed by atoms with van der Waals surface area (Å²) in [5, 5.41) is 2.32. The highest BCUT2D eigenvalue weighted by atomic mass is 32.2. The van der Waals surface area contributed by atoms with E-state index in [2.05, 4.69) is 10.0 Å². The summed E-state index contributed by atoms with van der Waals surface area (Å²) in [6, 6.07) is 4.57. The summed E-state index contributed by atoms with van der Waals surface area (Å²) in [7, 11) is -3.55. The van der Waals surface area contributed by atoms with Crippen LogP contribution in [-0.2, 0) is 25.2 Å². The highest BCUT2D eigenvalue weighted by Gasteiger charge is 2.47. The number of imide groups is 1. The Balaban J connectivity index is 1.28. The molecular formula is C23H29FN2O5S. The number of hydrogen-bond acceptors (Lipinski definition) is 5. The second-order valence-corrected chi connectivity index (χ2v) is 10.9. The van der Waals surface area contributed by atoms with E-state index >= 15 is 0 Å². The third-order valence-corrected chi connectivity index (χ3v) is 7.72. The molecule has 1 heterocycles.